The Hall–Kier alpha value is -3.91. The molecule has 4 aromatic rings. The molecule has 0 bridgehead atoms. The minimum atomic E-state index is -0.470. The van der Waals surface area contributed by atoms with E-state index in [0.29, 0.717) is 35.3 Å². The highest BCUT2D eigenvalue weighted by Crippen LogP contribution is 2.38. The summed E-state index contributed by atoms with van der Waals surface area (Å²) in [5.41, 5.74) is 4.45. The maximum absolute atomic E-state index is 12.4. The Morgan fingerprint density at radius 2 is 1.61 bits per heavy atom. The van der Waals surface area contributed by atoms with Crippen LogP contribution in [-0.4, -0.2) is 37.7 Å². The van der Waals surface area contributed by atoms with Crippen molar-refractivity contribution in [3.8, 4) is 23.0 Å². The van der Waals surface area contributed by atoms with Crippen LogP contribution >= 0.6 is 11.8 Å². The molecule has 0 atom stereocenters. The minimum absolute atomic E-state index is 0.354. The van der Waals surface area contributed by atoms with Crippen molar-refractivity contribution in [1.82, 2.24) is 4.98 Å². The van der Waals surface area contributed by atoms with Crippen molar-refractivity contribution in [3.63, 3.8) is 0 Å². The van der Waals surface area contributed by atoms with E-state index in [4.69, 9.17) is 18.9 Å². The third kappa shape index (κ3) is 6.50. The number of anilines is 1. The number of nitrogens with zero attached hydrogens (tertiary/aromatic N) is 1. The van der Waals surface area contributed by atoms with Crippen LogP contribution in [-0.2, 0) is 4.74 Å². The van der Waals surface area contributed by atoms with Crippen LogP contribution in [0, 0.1) is 20.8 Å². The predicted molar refractivity (Wildman–Crippen MR) is 152 cm³/mol. The molecular formula is C30H32N2O5S. The number of ether oxygens (including phenoxy) is 4. The highest BCUT2D eigenvalue weighted by atomic mass is 32.2. The average molecular weight is 533 g/mol. The monoisotopic (exact) mass is 532 g/mol. The second-order valence-corrected chi connectivity index (χ2v) is 9.94. The number of fused-ring (bicyclic) bond motifs is 1. The summed E-state index contributed by atoms with van der Waals surface area (Å²) < 4.78 is 22.5. The molecule has 1 amide bonds. The number of methoxy groups -OCH3 is 2. The van der Waals surface area contributed by atoms with Crippen LogP contribution in [0.25, 0.3) is 10.9 Å². The molecule has 0 aliphatic carbocycles. The number of carbonyl (C=O) groups is 1. The molecule has 4 rings (SSSR count). The first kappa shape index (κ1) is 27.1. The highest BCUT2D eigenvalue weighted by Gasteiger charge is 2.15. The number of pyridine rings is 1. The van der Waals surface area contributed by atoms with Crippen molar-refractivity contribution < 1.29 is 23.7 Å². The van der Waals surface area contributed by atoms with Crippen molar-refractivity contribution in [2.75, 3.05) is 31.9 Å². The van der Waals surface area contributed by atoms with E-state index in [2.05, 4.69) is 41.5 Å². The van der Waals surface area contributed by atoms with Gasteiger partial charge in [-0.05, 0) is 74.7 Å². The number of nitrogens with one attached hydrogen (secondary N) is 1. The van der Waals surface area contributed by atoms with Gasteiger partial charge in [-0.15, -0.1) is 11.8 Å². The van der Waals surface area contributed by atoms with Crippen LogP contribution in [0.5, 0.6) is 23.0 Å². The Kier molecular flexibility index (Phi) is 8.97. The number of carbonyl (C=O) groups excluding carboxylic acids is 1. The number of hydrogen-bond donors (Lipinski definition) is 1. The van der Waals surface area contributed by atoms with E-state index < -0.39 is 6.09 Å². The highest BCUT2D eigenvalue weighted by molar-refractivity contribution is 7.99. The second-order valence-electron chi connectivity index (χ2n) is 8.77. The molecule has 1 aromatic heterocycles. The predicted octanol–water partition coefficient (Wildman–Crippen LogP) is 7.70. The number of rotatable bonds is 10. The zero-order chi connectivity index (χ0) is 27.1. The summed E-state index contributed by atoms with van der Waals surface area (Å²) in [6.07, 6.45) is 1.99. The summed E-state index contributed by atoms with van der Waals surface area (Å²) >= 11 is 1.75. The number of aryl methyl sites for hydroxylation is 1. The average Bonchev–Trinajstić information content (AvgIpc) is 2.93. The number of amides is 1. The van der Waals surface area contributed by atoms with Gasteiger partial charge in [0.25, 0.3) is 0 Å². The lowest BCUT2D eigenvalue weighted by Crippen LogP contribution is -2.15. The van der Waals surface area contributed by atoms with Gasteiger partial charge >= 0.3 is 6.09 Å². The molecule has 0 aliphatic heterocycles. The number of thioether (sulfide) groups is 1. The fourth-order valence-corrected chi connectivity index (χ4v) is 4.72. The summed E-state index contributed by atoms with van der Waals surface area (Å²) in [6, 6.07) is 17.5. The first-order valence-corrected chi connectivity index (χ1v) is 13.3. The summed E-state index contributed by atoms with van der Waals surface area (Å²) in [5, 5.41) is 3.65. The Morgan fingerprint density at radius 3 is 2.34 bits per heavy atom. The first-order chi connectivity index (χ1) is 18.4. The SMILES string of the molecule is COc1cc2nccc(Oc3ccc(NC(=O)OCCCSc4ccc(C)cc4)c(C)c3C)c2cc1OC. The first-order valence-electron chi connectivity index (χ1n) is 12.3. The Labute approximate surface area is 227 Å². The molecule has 1 heterocycles. The topological polar surface area (TPSA) is 78.9 Å². The van der Waals surface area contributed by atoms with Crippen molar-refractivity contribution in [2.45, 2.75) is 32.1 Å². The maximum atomic E-state index is 12.4. The van der Waals surface area contributed by atoms with E-state index in [1.807, 2.05) is 44.2 Å². The van der Waals surface area contributed by atoms with Gasteiger partial charge in [-0.25, -0.2) is 4.79 Å². The van der Waals surface area contributed by atoms with Gasteiger partial charge < -0.3 is 18.9 Å². The molecule has 38 heavy (non-hydrogen) atoms. The minimum Gasteiger partial charge on any atom is -0.493 e. The molecular weight excluding hydrogens is 500 g/mol. The largest absolute Gasteiger partial charge is 0.493 e. The Balaban J connectivity index is 1.37. The Morgan fingerprint density at radius 1 is 0.868 bits per heavy atom. The van der Waals surface area contributed by atoms with Crippen LogP contribution in [0.15, 0.2) is 65.7 Å². The number of hydrogen-bond acceptors (Lipinski definition) is 7. The zero-order valence-electron chi connectivity index (χ0n) is 22.3. The molecule has 198 valence electrons. The van der Waals surface area contributed by atoms with Gasteiger partial charge in [-0.3, -0.25) is 10.3 Å². The van der Waals surface area contributed by atoms with E-state index in [-0.39, 0.29) is 0 Å². The molecule has 0 spiro atoms. The molecule has 0 unspecified atom stereocenters. The van der Waals surface area contributed by atoms with E-state index >= 15 is 0 Å². The van der Waals surface area contributed by atoms with Gasteiger partial charge in [0, 0.05) is 34.0 Å². The van der Waals surface area contributed by atoms with Crippen LogP contribution in [0.4, 0.5) is 10.5 Å². The molecule has 0 aliphatic rings. The summed E-state index contributed by atoms with van der Waals surface area (Å²) in [6.45, 7) is 6.32. The maximum Gasteiger partial charge on any atom is 0.411 e. The summed E-state index contributed by atoms with van der Waals surface area (Å²) in [4.78, 5) is 18.0. The van der Waals surface area contributed by atoms with Gasteiger partial charge in [0.1, 0.15) is 11.5 Å². The lowest BCUT2D eigenvalue weighted by Gasteiger charge is -2.16. The third-order valence-corrected chi connectivity index (χ3v) is 7.31. The lowest BCUT2D eigenvalue weighted by atomic mass is 10.1. The second kappa shape index (κ2) is 12.6. The van der Waals surface area contributed by atoms with E-state index in [0.717, 1.165) is 34.2 Å². The van der Waals surface area contributed by atoms with Gasteiger partial charge in [0.15, 0.2) is 11.5 Å². The standard InChI is InChI=1S/C30H32N2O5S/c1-19-7-9-22(10-8-19)38-16-6-15-36-30(33)32-24-11-12-26(21(3)20(24)2)37-27-13-14-31-25-18-29(35-5)28(34-4)17-23(25)27/h7-14,17-18H,6,15-16H2,1-5H3,(H,32,33). The van der Waals surface area contributed by atoms with Gasteiger partial charge in [-0.2, -0.15) is 0 Å². The van der Waals surface area contributed by atoms with Crippen LogP contribution in [0.3, 0.4) is 0 Å². The van der Waals surface area contributed by atoms with E-state index in [1.165, 1.54) is 10.5 Å². The van der Waals surface area contributed by atoms with E-state index in [1.54, 1.807) is 32.2 Å². The summed E-state index contributed by atoms with van der Waals surface area (Å²) in [7, 11) is 3.18. The van der Waals surface area contributed by atoms with Crippen molar-refractivity contribution >= 4 is 34.4 Å². The fourth-order valence-electron chi connectivity index (χ4n) is 3.89. The van der Waals surface area contributed by atoms with Gasteiger partial charge in [0.2, 0.25) is 0 Å². The molecule has 3 aromatic carbocycles. The zero-order valence-corrected chi connectivity index (χ0v) is 23.1. The van der Waals surface area contributed by atoms with Crippen molar-refractivity contribution in [2.24, 2.45) is 0 Å². The number of aromatic nitrogens is 1. The normalized spacial score (nSPS) is 10.8. The molecule has 0 radical (unpaired) electrons. The molecule has 7 nitrogen and oxygen atoms in total. The lowest BCUT2D eigenvalue weighted by molar-refractivity contribution is 0.162. The van der Waals surface area contributed by atoms with Crippen molar-refractivity contribution in [3.05, 3.63) is 77.5 Å². The van der Waals surface area contributed by atoms with Gasteiger partial charge in [-0.1, -0.05) is 17.7 Å². The number of benzene rings is 3. The molecule has 8 heteroatoms. The summed E-state index contributed by atoms with van der Waals surface area (Å²) in [5.74, 6) is 3.39. The quantitative estimate of drug-likeness (QED) is 0.166. The van der Waals surface area contributed by atoms with E-state index in [9.17, 15) is 4.79 Å². The molecule has 0 saturated carbocycles. The molecule has 0 fully saturated rings. The van der Waals surface area contributed by atoms with Crippen LogP contribution < -0.4 is 19.5 Å². The fraction of sp³-hybridized carbons (Fsp3) is 0.267. The molecule has 0 saturated heterocycles. The Bertz CT molecular complexity index is 1420. The van der Waals surface area contributed by atoms with Crippen molar-refractivity contribution in [1.29, 1.82) is 0 Å². The van der Waals surface area contributed by atoms with Crippen LogP contribution in [0.2, 0.25) is 0 Å². The smallest absolute Gasteiger partial charge is 0.411 e. The third-order valence-electron chi connectivity index (χ3n) is 6.21. The van der Waals surface area contributed by atoms with Crippen LogP contribution in [0.1, 0.15) is 23.1 Å². The molecule has 1 N–H and O–H groups in total. The van der Waals surface area contributed by atoms with Gasteiger partial charge in [0.05, 0.1) is 26.3 Å².